The number of imidazole rings is 1. The molecule has 194 valence electrons. The number of nitrogens with two attached hydrogens (primary N) is 1. The molecule has 3 N–H and O–H groups in total. The molecule has 2 aliphatic carbocycles. The van der Waals surface area contributed by atoms with Crippen molar-refractivity contribution in [1.29, 1.82) is 5.41 Å². The number of nitrogens with one attached hydrogen (secondary N) is 1. The molecule has 3 aromatic rings. The summed E-state index contributed by atoms with van der Waals surface area (Å²) in [5, 5.41) is 10.4. The number of aromatic nitrogens is 3. The van der Waals surface area contributed by atoms with Gasteiger partial charge in [-0.1, -0.05) is 19.4 Å². The number of fused-ring (bicyclic) bond motifs is 3. The van der Waals surface area contributed by atoms with Crippen LogP contribution in [-0.4, -0.2) is 51.0 Å². The Bertz CT molecular complexity index is 1520. The Balaban J connectivity index is 1.31. The zero-order chi connectivity index (χ0) is 25.3. The monoisotopic (exact) mass is 497 g/mol. The molecule has 37 heavy (non-hydrogen) atoms. The molecule has 2 atom stereocenters. The summed E-state index contributed by atoms with van der Waals surface area (Å²) in [6.07, 6.45) is 10.6. The number of rotatable bonds is 6. The summed E-state index contributed by atoms with van der Waals surface area (Å²) < 4.78 is 4.70. The number of hydrogen-bond donors (Lipinski definition) is 2. The highest BCUT2D eigenvalue weighted by atomic mass is 15.2. The lowest BCUT2D eigenvalue weighted by atomic mass is 9.81. The van der Waals surface area contributed by atoms with Gasteiger partial charge in [0.1, 0.15) is 11.3 Å². The van der Waals surface area contributed by atoms with Crippen LogP contribution in [0.5, 0.6) is 0 Å². The fraction of sp³-hybridized carbons (Fsp3) is 0.567. The van der Waals surface area contributed by atoms with Crippen molar-refractivity contribution in [2.45, 2.75) is 58.4 Å². The van der Waals surface area contributed by atoms with Gasteiger partial charge in [-0.05, 0) is 80.7 Å². The molecule has 1 aromatic carbocycles. The van der Waals surface area contributed by atoms with Gasteiger partial charge in [0.25, 0.3) is 0 Å². The third-order valence-electron chi connectivity index (χ3n) is 9.68. The lowest BCUT2D eigenvalue weighted by Crippen LogP contribution is -2.36. The van der Waals surface area contributed by atoms with E-state index in [2.05, 4.69) is 52.3 Å². The van der Waals surface area contributed by atoms with Crippen molar-refractivity contribution in [3.63, 3.8) is 0 Å². The number of likely N-dealkylation sites (tertiary alicyclic amines) is 1. The molecule has 2 aliphatic heterocycles. The van der Waals surface area contributed by atoms with Gasteiger partial charge in [0.15, 0.2) is 5.82 Å². The Morgan fingerprint density at radius 2 is 2.08 bits per heavy atom. The van der Waals surface area contributed by atoms with Crippen LogP contribution in [0.4, 0.5) is 0 Å². The molecule has 4 heterocycles. The predicted molar refractivity (Wildman–Crippen MR) is 148 cm³/mol. The fourth-order valence-electron chi connectivity index (χ4n) is 7.39. The van der Waals surface area contributed by atoms with Gasteiger partial charge in [0, 0.05) is 49.4 Å². The SMILES string of the molecule is CCc1cc(C(=N)N2C[C@@H]3CCC[C@]3(CN)C2)cc2nc(-c3cc4c(n3CC3CC3)=NCCC=4)n(C)c12. The Labute approximate surface area is 218 Å². The molecule has 0 bridgehead atoms. The van der Waals surface area contributed by atoms with Crippen molar-refractivity contribution in [3.05, 3.63) is 40.0 Å². The minimum atomic E-state index is 0.205. The molecular formula is C30H39N7. The molecule has 3 fully saturated rings. The second kappa shape index (κ2) is 8.55. The highest BCUT2D eigenvalue weighted by Crippen LogP contribution is 2.48. The first-order valence-corrected chi connectivity index (χ1v) is 14.3. The minimum Gasteiger partial charge on any atom is -0.356 e. The quantitative estimate of drug-likeness (QED) is 0.405. The van der Waals surface area contributed by atoms with Crippen LogP contribution in [0.3, 0.4) is 0 Å². The van der Waals surface area contributed by atoms with E-state index in [1.165, 1.54) is 54.1 Å². The van der Waals surface area contributed by atoms with Crippen molar-refractivity contribution in [1.82, 2.24) is 19.0 Å². The highest BCUT2D eigenvalue weighted by molar-refractivity contribution is 6.00. The Morgan fingerprint density at radius 3 is 2.84 bits per heavy atom. The van der Waals surface area contributed by atoms with E-state index < -0.39 is 0 Å². The standard InChI is InChI=1S/C30H39N7/c1-3-20-12-22(27(32)36-16-23-7-4-10-30(23,17-31)18-36)13-24-26(20)35(2)29(34-24)25-14-21-6-5-11-33-28(21)37(25)15-19-8-9-19/h6,12-14,19,23,32H,3-5,7-11,15-18,31H2,1-2H3/t23-,30-/m0/s1. The molecule has 7 heteroatoms. The summed E-state index contributed by atoms with van der Waals surface area (Å²) >= 11 is 0. The van der Waals surface area contributed by atoms with E-state index in [1.54, 1.807) is 0 Å². The summed E-state index contributed by atoms with van der Waals surface area (Å²) in [5.74, 6) is 3.02. The average molecular weight is 498 g/mol. The lowest BCUT2D eigenvalue weighted by Gasteiger charge is -2.27. The maximum Gasteiger partial charge on any atom is 0.157 e. The van der Waals surface area contributed by atoms with E-state index in [4.69, 9.17) is 15.7 Å². The third-order valence-corrected chi connectivity index (χ3v) is 9.68. The first-order chi connectivity index (χ1) is 18.0. The molecule has 0 radical (unpaired) electrons. The second-order valence-corrected chi connectivity index (χ2v) is 12.0. The largest absolute Gasteiger partial charge is 0.356 e. The average Bonchev–Trinajstić information content (AvgIpc) is 3.21. The fourth-order valence-corrected chi connectivity index (χ4v) is 7.39. The Kier molecular flexibility index (Phi) is 5.36. The lowest BCUT2D eigenvalue weighted by molar-refractivity contribution is 0.273. The first-order valence-electron chi connectivity index (χ1n) is 14.3. The van der Waals surface area contributed by atoms with Gasteiger partial charge in [-0.15, -0.1) is 0 Å². The van der Waals surface area contributed by atoms with E-state index in [0.29, 0.717) is 11.8 Å². The van der Waals surface area contributed by atoms with Gasteiger partial charge in [-0.25, -0.2) is 4.98 Å². The van der Waals surface area contributed by atoms with E-state index in [1.807, 2.05) is 0 Å². The predicted octanol–water partition coefficient (Wildman–Crippen LogP) is 3.20. The van der Waals surface area contributed by atoms with Crippen LogP contribution in [0.1, 0.15) is 56.6 Å². The van der Waals surface area contributed by atoms with Crippen molar-refractivity contribution in [2.24, 2.45) is 35.0 Å². The number of aryl methyl sites for hydroxylation is 2. The molecule has 7 rings (SSSR count). The van der Waals surface area contributed by atoms with E-state index in [-0.39, 0.29) is 5.41 Å². The van der Waals surface area contributed by atoms with Crippen LogP contribution in [0, 0.1) is 22.7 Å². The topological polar surface area (TPSA) is 88.2 Å². The molecule has 2 aromatic heterocycles. The van der Waals surface area contributed by atoms with Gasteiger partial charge >= 0.3 is 0 Å². The molecule has 2 saturated carbocycles. The van der Waals surface area contributed by atoms with Crippen LogP contribution < -0.4 is 16.4 Å². The number of amidine groups is 1. The van der Waals surface area contributed by atoms with Crippen molar-refractivity contribution in [2.75, 3.05) is 26.2 Å². The van der Waals surface area contributed by atoms with Gasteiger partial charge in [0.2, 0.25) is 0 Å². The Hall–Kier alpha value is -2.93. The summed E-state index contributed by atoms with van der Waals surface area (Å²) in [6.45, 7) is 6.72. The van der Waals surface area contributed by atoms with Crippen LogP contribution in [0.2, 0.25) is 0 Å². The smallest absolute Gasteiger partial charge is 0.157 e. The van der Waals surface area contributed by atoms with Crippen LogP contribution >= 0.6 is 0 Å². The van der Waals surface area contributed by atoms with Gasteiger partial charge in [0.05, 0.1) is 16.7 Å². The molecule has 4 aliphatic rings. The second-order valence-electron chi connectivity index (χ2n) is 12.0. The molecule has 0 unspecified atom stereocenters. The zero-order valence-corrected chi connectivity index (χ0v) is 22.3. The first kappa shape index (κ1) is 23.2. The van der Waals surface area contributed by atoms with Crippen molar-refractivity contribution in [3.8, 4) is 11.5 Å². The molecule has 1 saturated heterocycles. The molecule has 0 spiro atoms. The van der Waals surface area contributed by atoms with Crippen LogP contribution in [0.15, 0.2) is 23.2 Å². The van der Waals surface area contributed by atoms with Gasteiger partial charge < -0.3 is 19.8 Å². The summed E-state index contributed by atoms with van der Waals surface area (Å²) in [7, 11) is 2.15. The zero-order valence-electron chi connectivity index (χ0n) is 22.3. The van der Waals surface area contributed by atoms with Crippen LogP contribution in [0.25, 0.3) is 28.6 Å². The Morgan fingerprint density at radius 1 is 1.22 bits per heavy atom. The van der Waals surface area contributed by atoms with E-state index in [9.17, 15) is 5.41 Å². The van der Waals surface area contributed by atoms with Gasteiger partial charge in [-0.3, -0.25) is 10.4 Å². The van der Waals surface area contributed by atoms with Gasteiger partial charge in [-0.2, -0.15) is 0 Å². The summed E-state index contributed by atoms with van der Waals surface area (Å²) in [5.41, 5.74) is 13.2. The normalized spacial score (nSPS) is 24.7. The maximum absolute atomic E-state index is 9.18. The maximum atomic E-state index is 9.18. The third kappa shape index (κ3) is 3.61. The molecular weight excluding hydrogens is 458 g/mol. The van der Waals surface area contributed by atoms with Crippen molar-refractivity contribution >= 4 is 22.9 Å². The number of hydrogen-bond acceptors (Lipinski definition) is 4. The van der Waals surface area contributed by atoms with Crippen LogP contribution in [-0.2, 0) is 20.0 Å². The van der Waals surface area contributed by atoms with E-state index in [0.717, 1.165) is 73.9 Å². The summed E-state index contributed by atoms with van der Waals surface area (Å²) in [4.78, 5) is 12.4. The highest BCUT2D eigenvalue weighted by Gasteiger charge is 2.49. The number of benzene rings is 1. The minimum absolute atomic E-state index is 0.205. The summed E-state index contributed by atoms with van der Waals surface area (Å²) in [6, 6.07) is 6.68. The molecule has 0 amide bonds. The molecule has 7 nitrogen and oxygen atoms in total. The van der Waals surface area contributed by atoms with E-state index >= 15 is 0 Å². The van der Waals surface area contributed by atoms with Crippen molar-refractivity contribution < 1.29 is 0 Å². The number of nitrogens with zero attached hydrogens (tertiary/aromatic N) is 5.